The number of benzene rings is 1. The molecule has 1 saturated heterocycles. The van der Waals surface area contributed by atoms with Crippen molar-refractivity contribution >= 4 is 17.5 Å². The lowest BCUT2D eigenvalue weighted by atomic mass is 9.85. The molecule has 2 amide bonds. The Hall–Kier alpha value is -1.84. The maximum absolute atomic E-state index is 12.8. The van der Waals surface area contributed by atoms with Crippen molar-refractivity contribution in [1.29, 1.82) is 0 Å². The minimum absolute atomic E-state index is 0.0647. The molecule has 0 bridgehead atoms. The fraction of sp³-hybridized carbons (Fsp3) is 0.529. The zero-order valence-electron chi connectivity index (χ0n) is 13.5. The first-order chi connectivity index (χ1) is 9.63. The molecule has 0 aromatic heterocycles. The fourth-order valence-corrected chi connectivity index (χ4v) is 2.69. The second-order valence-corrected chi connectivity index (χ2v) is 7.15. The van der Waals surface area contributed by atoms with Gasteiger partial charge in [-0.1, -0.05) is 39.0 Å². The first-order valence-corrected chi connectivity index (χ1v) is 7.35. The van der Waals surface area contributed by atoms with E-state index in [1.165, 1.54) is 0 Å². The predicted octanol–water partition coefficient (Wildman–Crippen LogP) is 2.62. The van der Waals surface area contributed by atoms with Crippen molar-refractivity contribution < 1.29 is 9.59 Å². The van der Waals surface area contributed by atoms with E-state index < -0.39 is 5.54 Å². The summed E-state index contributed by atoms with van der Waals surface area (Å²) in [6.45, 7) is 10.3. The van der Waals surface area contributed by atoms with Gasteiger partial charge in [-0.05, 0) is 30.9 Å². The molecule has 1 fully saturated rings. The molecule has 114 valence electrons. The van der Waals surface area contributed by atoms with Gasteiger partial charge in [-0.25, -0.2) is 0 Å². The van der Waals surface area contributed by atoms with Crippen LogP contribution in [0.3, 0.4) is 0 Å². The monoisotopic (exact) mass is 288 g/mol. The van der Waals surface area contributed by atoms with Crippen molar-refractivity contribution in [2.75, 3.05) is 11.4 Å². The zero-order valence-corrected chi connectivity index (χ0v) is 13.5. The Morgan fingerprint density at radius 1 is 1.14 bits per heavy atom. The summed E-state index contributed by atoms with van der Waals surface area (Å²) in [6, 6.07) is 7.94. The number of amides is 2. The Labute approximate surface area is 126 Å². The van der Waals surface area contributed by atoms with Crippen LogP contribution in [0.2, 0.25) is 0 Å². The molecule has 0 spiro atoms. The number of hydrogen-bond acceptors (Lipinski definition) is 2. The number of para-hydroxylation sites is 1. The average Bonchev–Trinajstić information content (AvgIpc) is 2.46. The quantitative estimate of drug-likeness (QED) is 0.863. The fourth-order valence-electron chi connectivity index (χ4n) is 2.69. The van der Waals surface area contributed by atoms with E-state index in [-0.39, 0.29) is 17.2 Å². The van der Waals surface area contributed by atoms with E-state index in [0.29, 0.717) is 13.0 Å². The number of anilines is 1. The molecule has 1 aromatic carbocycles. The van der Waals surface area contributed by atoms with Gasteiger partial charge in [-0.3, -0.25) is 9.59 Å². The lowest BCUT2D eigenvalue weighted by molar-refractivity contribution is -0.128. The number of nitrogens with zero attached hydrogens (tertiary/aromatic N) is 1. The first-order valence-electron chi connectivity index (χ1n) is 7.35. The first kappa shape index (κ1) is 15.5. The number of carbonyl (C=O) groups is 2. The van der Waals surface area contributed by atoms with E-state index in [9.17, 15) is 9.59 Å². The summed E-state index contributed by atoms with van der Waals surface area (Å²) >= 11 is 0. The number of rotatable bonds is 1. The molecule has 0 atom stereocenters. The SMILES string of the molecule is CC1(C)NC(=O)CCN(c2ccccc2C(C)(C)C)C1=O. The van der Waals surface area contributed by atoms with Gasteiger partial charge in [-0.2, -0.15) is 0 Å². The van der Waals surface area contributed by atoms with Crippen LogP contribution in [0.4, 0.5) is 5.69 Å². The summed E-state index contributed by atoms with van der Waals surface area (Å²) in [5.41, 5.74) is 1.08. The van der Waals surface area contributed by atoms with Gasteiger partial charge in [0, 0.05) is 18.7 Å². The Balaban J connectivity index is 2.50. The van der Waals surface area contributed by atoms with Crippen LogP contribution in [0, 0.1) is 0 Å². The van der Waals surface area contributed by atoms with E-state index in [0.717, 1.165) is 11.3 Å². The highest BCUT2D eigenvalue weighted by Gasteiger charge is 2.38. The van der Waals surface area contributed by atoms with E-state index in [1.807, 2.05) is 18.2 Å². The molecule has 0 unspecified atom stereocenters. The summed E-state index contributed by atoms with van der Waals surface area (Å²) < 4.78 is 0. The van der Waals surface area contributed by atoms with E-state index in [1.54, 1.807) is 18.7 Å². The smallest absolute Gasteiger partial charge is 0.252 e. The maximum atomic E-state index is 12.8. The lowest BCUT2D eigenvalue weighted by Gasteiger charge is -2.33. The minimum Gasteiger partial charge on any atom is -0.342 e. The van der Waals surface area contributed by atoms with E-state index >= 15 is 0 Å². The van der Waals surface area contributed by atoms with Crippen molar-refractivity contribution in [2.24, 2.45) is 0 Å². The third kappa shape index (κ3) is 3.09. The molecule has 1 N–H and O–H groups in total. The average molecular weight is 288 g/mol. The predicted molar refractivity (Wildman–Crippen MR) is 84.3 cm³/mol. The summed E-state index contributed by atoms with van der Waals surface area (Å²) in [7, 11) is 0. The van der Waals surface area contributed by atoms with E-state index in [4.69, 9.17) is 0 Å². The van der Waals surface area contributed by atoms with Crippen LogP contribution >= 0.6 is 0 Å². The van der Waals surface area contributed by atoms with Crippen LogP contribution in [0.1, 0.15) is 46.6 Å². The molecular weight excluding hydrogens is 264 g/mol. The molecular formula is C17H24N2O2. The van der Waals surface area contributed by atoms with Gasteiger partial charge in [0.25, 0.3) is 5.91 Å². The third-order valence-corrected chi connectivity index (χ3v) is 3.80. The van der Waals surface area contributed by atoms with Gasteiger partial charge < -0.3 is 10.2 Å². The minimum atomic E-state index is -0.876. The molecule has 1 aromatic rings. The van der Waals surface area contributed by atoms with Gasteiger partial charge in [0.2, 0.25) is 5.91 Å². The standard InChI is InChI=1S/C17H24N2O2/c1-16(2,3)12-8-6-7-9-13(12)19-11-10-14(20)18-17(4,5)15(19)21/h6-9H,10-11H2,1-5H3,(H,18,20). The largest absolute Gasteiger partial charge is 0.342 e. The molecule has 0 aliphatic carbocycles. The molecule has 0 saturated carbocycles. The summed E-state index contributed by atoms with van der Waals surface area (Å²) in [4.78, 5) is 26.4. The van der Waals surface area contributed by atoms with Crippen molar-refractivity contribution in [2.45, 2.75) is 52.0 Å². The van der Waals surface area contributed by atoms with Crippen LogP contribution in [0.25, 0.3) is 0 Å². The van der Waals surface area contributed by atoms with Gasteiger partial charge in [0.15, 0.2) is 0 Å². The van der Waals surface area contributed by atoms with Gasteiger partial charge >= 0.3 is 0 Å². The highest BCUT2D eigenvalue weighted by atomic mass is 16.2. The molecule has 0 radical (unpaired) electrons. The zero-order chi connectivity index (χ0) is 15.8. The van der Waals surface area contributed by atoms with Crippen molar-refractivity contribution in [3.63, 3.8) is 0 Å². The summed E-state index contributed by atoms with van der Waals surface area (Å²) in [6.07, 6.45) is 0.327. The number of hydrogen-bond donors (Lipinski definition) is 1. The third-order valence-electron chi connectivity index (χ3n) is 3.80. The molecule has 1 aliphatic heterocycles. The normalized spacial score (nSPS) is 19.2. The van der Waals surface area contributed by atoms with Crippen LogP contribution in [-0.4, -0.2) is 23.9 Å². The summed E-state index contributed by atoms with van der Waals surface area (Å²) in [5, 5.41) is 2.80. The maximum Gasteiger partial charge on any atom is 0.252 e. The highest BCUT2D eigenvalue weighted by Crippen LogP contribution is 2.33. The summed E-state index contributed by atoms with van der Waals surface area (Å²) in [5.74, 6) is -0.144. The number of nitrogens with one attached hydrogen (secondary N) is 1. The Bertz CT molecular complexity index is 570. The molecule has 1 heterocycles. The topological polar surface area (TPSA) is 49.4 Å². The van der Waals surface area contributed by atoms with Crippen molar-refractivity contribution in [1.82, 2.24) is 5.32 Å². The Morgan fingerprint density at radius 2 is 1.76 bits per heavy atom. The van der Waals surface area contributed by atoms with Gasteiger partial charge in [0.05, 0.1) is 0 Å². The lowest BCUT2D eigenvalue weighted by Crippen LogP contribution is -2.53. The van der Waals surface area contributed by atoms with Crippen molar-refractivity contribution in [3.8, 4) is 0 Å². The molecule has 2 rings (SSSR count). The second-order valence-electron chi connectivity index (χ2n) is 7.15. The Kier molecular flexibility index (Phi) is 3.83. The molecule has 4 nitrogen and oxygen atoms in total. The van der Waals surface area contributed by atoms with Crippen LogP contribution in [0.5, 0.6) is 0 Å². The van der Waals surface area contributed by atoms with Gasteiger partial charge in [-0.15, -0.1) is 0 Å². The number of carbonyl (C=O) groups excluding carboxylic acids is 2. The van der Waals surface area contributed by atoms with Gasteiger partial charge in [0.1, 0.15) is 5.54 Å². The second kappa shape index (κ2) is 5.17. The Morgan fingerprint density at radius 3 is 2.38 bits per heavy atom. The molecule has 1 aliphatic rings. The van der Waals surface area contributed by atoms with Crippen LogP contribution in [-0.2, 0) is 15.0 Å². The van der Waals surface area contributed by atoms with Crippen molar-refractivity contribution in [3.05, 3.63) is 29.8 Å². The van der Waals surface area contributed by atoms with E-state index in [2.05, 4.69) is 32.2 Å². The highest BCUT2D eigenvalue weighted by molar-refractivity contribution is 6.04. The van der Waals surface area contributed by atoms with Crippen LogP contribution < -0.4 is 10.2 Å². The molecule has 21 heavy (non-hydrogen) atoms. The molecule has 4 heteroatoms. The van der Waals surface area contributed by atoms with Crippen LogP contribution in [0.15, 0.2) is 24.3 Å².